The summed E-state index contributed by atoms with van der Waals surface area (Å²) in [4.78, 5) is 4.17. The van der Waals surface area contributed by atoms with Gasteiger partial charge in [0.05, 0.1) is 4.47 Å². The molecule has 0 aliphatic carbocycles. The van der Waals surface area contributed by atoms with E-state index in [2.05, 4.69) is 36.8 Å². The highest BCUT2D eigenvalue weighted by atomic mass is 79.9. The maximum Gasteiger partial charge on any atom is 0.219 e. The van der Waals surface area contributed by atoms with Crippen LogP contribution in [0.1, 0.15) is 18.5 Å². The molecule has 94 valence electrons. The Morgan fingerprint density at radius 3 is 2.67 bits per heavy atom. The van der Waals surface area contributed by atoms with Gasteiger partial charge in [-0.25, -0.2) is 4.98 Å². The fraction of sp³-hybridized carbons (Fsp3) is 0.154. The highest BCUT2D eigenvalue weighted by Crippen LogP contribution is 2.31. The number of benzene rings is 1. The minimum atomic E-state index is -0.0382. The molecule has 0 unspecified atom stereocenters. The van der Waals surface area contributed by atoms with Crippen molar-refractivity contribution in [2.45, 2.75) is 13.0 Å². The van der Waals surface area contributed by atoms with Crippen molar-refractivity contribution >= 4 is 31.9 Å². The maximum atomic E-state index is 5.83. The van der Waals surface area contributed by atoms with E-state index in [1.54, 1.807) is 6.20 Å². The second-order valence-corrected chi connectivity index (χ2v) is 5.66. The van der Waals surface area contributed by atoms with Crippen LogP contribution in [0.25, 0.3) is 0 Å². The van der Waals surface area contributed by atoms with Gasteiger partial charge in [0.1, 0.15) is 5.75 Å². The van der Waals surface area contributed by atoms with Crippen LogP contribution in [0, 0.1) is 0 Å². The van der Waals surface area contributed by atoms with E-state index < -0.39 is 0 Å². The summed E-state index contributed by atoms with van der Waals surface area (Å²) in [5.74, 6) is 1.25. The molecule has 1 heterocycles. The van der Waals surface area contributed by atoms with Gasteiger partial charge >= 0.3 is 0 Å². The van der Waals surface area contributed by atoms with E-state index in [-0.39, 0.29) is 6.04 Å². The molecule has 2 N–H and O–H groups in total. The first-order valence-electron chi connectivity index (χ1n) is 5.40. The van der Waals surface area contributed by atoms with E-state index in [9.17, 15) is 0 Å². The van der Waals surface area contributed by atoms with Crippen LogP contribution in [0.3, 0.4) is 0 Å². The molecule has 0 aliphatic rings. The molecule has 0 radical (unpaired) electrons. The van der Waals surface area contributed by atoms with Crippen molar-refractivity contribution in [3.05, 3.63) is 51.0 Å². The Morgan fingerprint density at radius 2 is 2.00 bits per heavy atom. The summed E-state index contributed by atoms with van der Waals surface area (Å²) >= 11 is 6.84. The van der Waals surface area contributed by atoms with Gasteiger partial charge in [-0.3, -0.25) is 0 Å². The van der Waals surface area contributed by atoms with Crippen LogP contribution < -0.4 is 10.5 Å². The summed E-state index contributed by atoms with van der Waals surface area (Å²) in [6.45, 7) is 1.93. The molecular formula is C13H12Br2N2O. The summed E-state index contributed by atoms with van der Waals surface area (Å²) < 4.78 is 7.57. The first kappa shape index (κ1) is 13.5. The third-order valence-electron chi connectivity index (χ3n) is 2.39. The second-order valence-electron chi connectivity index (χ2n) is 3.89. The lowest BCUT2D eigenvalue weighted by Gasteiger charge is -2.10. The zero-order chi connectivity index (χ0) is 13.1. The Balaban J connectivity index is 2.25. The van der Waals surface area contributed by atoms with Crippen molar-refractivity contribution in [2.75, 3.05) is 0 Å². The van der Waals surface area contributed by atoms with Crippen LogP contribution in [0.5, 0.6) is 11.6 Å². The van der Waals surface area contributed by atoms with Gasteiger partial charge in [0.2, 0.25) is 5.88 Å². The van der Waals surface area contributed by atoms with Gasteiger partial charge in [-0.15, -0.1) is 0 Å². The Hall–Kier alpha value is -0.910. The molecule has 0 bridgehead atoms. The normalized spacial score (nSPS) is 12.2. The molecule has 2 aromatic rings. The second kappa shape index (κ2) is 5.82. The monoisotopic (exact) mass is 370 g/mol. The lowest BCUT2D eigenvalue weighted by atomic mass is 10.1. The minimum absolute atomic E-state index is 0.0382. The molecule has 0 aliphatic heterocycles. The fourth-order valence-corrected chi connectivity index (χ4v) is 2.56. The van der Waals surface area contributed by atoms with Crippen LogP contribution in [-0.4, -0.2) is 4.98 Å². The summed E-state index contributed by atoms with van der Waals surface area (Å²) in [6.07, 6.45) is 1.70. The number of ether oxygens (including phenoxy) is 1. The SMILES string of the molecule is C[C@H](N)c1ccnc(Oc2ccc(Br)cc2Br)c1. The summed E-state index contributed by atoms with van der Waals surface area (Å²) in [5.41, 5.74) is 6.82. The molecular weight excluding hydrogens is 360 g/mol. The van der Waals surface area contributed by atoms with Crippen LogP contribution in [0.2, 0.25) is 0 Å². The lowest BCUT2D eigenvalue weighted by molar-refractivity contribution is 0.458. The molecule has 18 heavy (non-hydrogen) atoms. The van der Waals surface area contributed by atoms with E-state index in [4.69, 9.17) is 10.5 Å². The highest BCUT2D eigenvalue weighted by Gasteiger charge is 2.06. The van der Waals surface area contributed by atoms with Gasteiger partial charge in [0.15, 0.2) is 0 Å². The fourth-order valence-electron chi connectivity index (χ4n) is 1.43. The van der Waals surface area contributed by atoms with Crippen molar-refractivity contribution in [2.24, 2.45) is 5.73 Å². The lowest BCUT2D eigenvalue weighted by Crippen LogP contribution is -2.05. The molecule has 2 rings (SSSR count). The predicted molar refractivity (Wildman–Crippen MR) is 78.8 cm³/mol. The van der Waals surface area contributed by atoms with E-state index in [1.165, 1.54) is 0 Å². The van der Waals surface area contributed by atoms with E-state index in [0.717, 1.165) is 14.5 Å². The smallest absolute Gasteiger partial charge is 0.219 e. The zero-order valence-corrected chi connectivity index (χ0v) is 12.9. The Labute approximate surface area is 123 Å². The number of nitrogens with two attached hydrogens (primary N) is 1. The molecule has 0 spiro atoms. The highest BCUT2D eigenvalue weighted by molar-refractivity contribution is 9.11. The van der Waals surface area contributed by atoms with E-state index in [1.807, 2.05) is 37.3 Å². The van der Waals surface area contributed by atoms with Crippen LogP contribution in [0.4, 0.5) is 0 Å². The third-order valence-corrected chi connectivity index (χ3v) is 3.51. The van der Waals surface area contributed by atoms with Gasteiger partial charge in [-0.05, 0) is 52.7 Å². The number of hydrogen-bond donors (Lipinski definition) is 1. The maximum absolute atomic E-state index is 5.83. The van der Waals surface area contributed by atoms with Gasteiger partial charge in [-0.2, -0.15) is 0 Å². The minimum Gasteiger partial charge on any atom is -0.438 e. The summed E-state index contributed by atoms with van der Waals surface area (Å²) in [5, 5.41) is 0. The van der Waals surface area contributed by atoms with Crippen LogP contribution >= 0.6 is 31.9 Å². The molecule has 5 heteroatoms. The average molecular weight is 372 g/mol. The van der Waals surface area contributed by atoms with Crippen molar-refractivity contribution < 1.29 is 4.74 Å². The van der Waals surface area contributed by atoms with Gasteiger partial charge in [-0.1, -0.05) is 15.9 Å². The van der Waals surface area contributed by atoms with E-state index in [0.29, 0.717) is 11.6 Å². The van der Waals surface area contributed by atoms with Crippen molar-refractivity contribution in [1.29, 1.82) is 0 Å². The zero-order valence-electron chi connectivity index (χ0n) is 9.73. The Kier molecular flexibility index (Phi) is 4.37. The molecule has 1 atom stereocenters. The van der Waals surface area contributed by atoms with Crippen LogP contribution in [0.15, 0.2) is 45.5 Å². The molecule has 0 saturated heterocycles. The van der Waals surface area contributed by atoms with Gasteiger partial charge in [0, 0.05) is 22.8 Å². The average Bonchev–Trinajstić information content (AvgIpc) is 2.33. The summed E-state index contributed by atoms with van der Waals surface area (Å²) in [6, 6.07) is 9.39. The molecule has 1 aromatic heterocycles. The van der Waals surface area contributed by atoms with Crippen molar-refractivity contribution in [1.82, 2.24) is 4.98 Å². The Morgan fingerprint density at radius 1 is 1.22 bits per heavy atom. The Bertz CT molecular complexity index is 558. The van der Waals surface area contributed by atoms with Crippen molar-refractivity contribution in [3.63, 3.8) is 0 Å². The molecule has 0 amide bonds. The van der Waals surface area contributed by atoms with E-state index >= 15 is 0 Å². The summed E-state index contributed by atoms with van der Waals surface area (Å²) in [7, 11) is 0. The number of halogens is 2. The van der Waals surface area contributed by atoms with Gasteiger partial charge < -0.3 is 10.5 Å². The quantitative estimate of drug-likeness (QED) is 0.868. The van der Waals surface area contributed by atoms with Gasteiger partial charge in [0.25, 0.3) is 0 Å². The molecule has 0 saturated carbocycles. The molecule has 0 fully saturated rings. The largest absolute Gasteiger partial charge is 0.438 e. The number of nitrogens with zero attached hydrogens (tertiary/aromatic N) is 1. The van der Waals surface area contributed by atoms with Crippen LogP contribution in [-0.2, 0) is 0 Å². The van der Waals surface area contributed by atoms with Crippen molar-refractivity contribution in [3.8, 4) is 11.6 Å². The standard InChI is InChI=1S/C13H12Br2N2O/c1-8(16)9-4-5-17-13(6-9)18-12-3-2-10(14)7-11(12)15/h2-8H,16H2,1H3/t8-/m0/s1. The topological polar surface area (TPSA) is 48.1 Å². The predicted octanol–water partition coefficient (Wildman–Crippen LogP) is 4.42. The molecule has 3 nitrogen and oxygen atoms in total. The third kappa shape index (κ3) is 3.31. The first-order valence-corrected chi connectivity index (χ1v) is 6.99. The first-order chi connectivity index (χ1) is 8.56. The number of rotatable bonds is 3. The molecule has 1 aromatic carbocycles. The number of aromatic nitrogens is 1. The number of hydrogen-bond acceptors (Lipinski definition) is 3. The number of pyridine rings is 1.